The largest absolute Gasteiger partial charge is 0.381 e. The quantitative estimate of drug-likeness (QED) is 0.912. The molecule has 0 saturated carbocycles. The van der Waals surface area contributed by atoms with Crippen LogP contribution in [-0.2, 0) is 15.9 Å². The van der Waals surface area contributed by atoms with Crippen molar-refractivity contribution in [2.75, 3.05) is 25.6 Å². The maximum atomic E-state index is 6.09. The molecule has 2 N–H and O–H groups in total. The monoisotopic (exact) mass is 280 g/mol. The molecule has 3 heterocycles. The fourth-order valence-electron chi connectivity index (χ4n) is 3.40. The molecule has 6 heteroatoms. The number of hydrogen-bond acceptors (Lipinski definition) is 5. The molecular formula is C14H24N4O2. The smallest absolute Gasteiger partial charge is 0.169 e. The third-order valence-corrected chi connectivity index (χ3v) is 4.52. The predicted octanol–water partition coefficient (Wildman–Crippen LogP) is 1.71. The maximum absolute atomic E-state index is 6.09. The molecule has 1 aromatic heterocycles. The lowest BCUT2D eigenvalue weighted by Crippen LogP contribution is -2.45. The summed E-state index contributed by atoms with van der Waals surface area (Å²) in [5, 5.41) is 8.36. The second-order valence-electron chi connectivity index (χ2n) is 5.91. The third-order valence-electron chi connectivity index (χ3n) is 4.52. The van der Waals surface area contributed by atoms with Crippen molar-refractivity contribution < 1.29 is 9.47 Å². The number of hydrogen-bond donors (Lipinski definition) is 1. The van der Waals surface area contributed by atoms with Crippen LogP contribution in [0, 0.1) is 0 Å². The number of nitrogens with zero attached hydrogens (tertiary/aromatic N) is 3. The van der Waals surface area contributed by atoms with Crippen LogP contribution in [0.4, 0.5) is 5.82 Å². The second-order valence-corrected chi connectivity index (χ2v) is 5.91. The van der Waals surface area contributed by atoms with Crippen LogP contribution in [0.1, 0.15) is 50.8 Å². The summed E-state index contributed by atoms with van der Waals surface area (Å²) in [5.74, 6) is 0.583. The van der Waals surface area contributed by atoms with Gasteiger partial charge in [-0.15, -0.1) is 5.10 Å². The first-order valence-corrected chi connectivity index (χ1v) is 7.65. The van der Waals surface area contributed by atoms with E-state index in [0.29, 0.717) is 11.9 Å². The number of rotatable bonds is 3. The Labute approximate surface area is 119 Å². The fraction of sp³-hybridized carbons (Fsp3) is 0.857. The molecule has 0 aliphatic carbocycles. The van der Waals surface area contributed by atoms with Crippen LogP contribution in [-0.4, -0.2) is 40.4 Å². The van der Waals surface area contributed by atoms with Gasteiger partial charge in [0.05, 0.1) is 17.3 Å². The second kappa shape index (κ2) is 5.69. The fourth-order valence-corrected chi connectivity index (χ4v) is 3.40. The summed E-state index contributed by atoms with van der Waals surface area (Å²) in [6.45, 7) is 4.54. The van der Waals surface area contributed by atoms with E-state index in [9.17, 15) is 0 Å². The van der Waals surface area contributed by atoms with Gasteiger partial charge in [-0.25, -0.2) is 4.68 Å². The summed E-state index contributed by atoms with van der Waals surface area (Å²) in [7, 11) is 0. The highest BCUT2D eigenvalue weighted by atomic mass is 16.5. The molecule has 2 fully saturated rings. The molecule has 1 atom stereocenters. The van der Waals surface area contributed by atoms with Gasteiger partial charge in [0, 0.05) is 19.8 Å². The van der Waals surface area contributed by atoms with Crippen molar-refractivity contribution >= 4 is 5.82 Å². The topological polar surface area (TPSA) is 75.2 Å². The average molecular weight is 280 g/mol. The average Bonchev–Trinajstić information content (AvgIpc) is 2.82. The lowest BCUT2D eigenvalue weighted by Gasteiger charge is -2.43. The number of aromatic nitrogens is 3. The van der Waals surface area contributed by atoms with Gasteiger partial charge in [0.15, 0.2) is 5.82 Å². The van der Waals surface area contributed by atoms with Gasteiger partial charge in [-0.2, -0.15) is 0 Å². The molecule has 1 spiro atoms. The Morgan fingerprint density at radius 2 is 2.15 bits per heavy atom. The molecule has 0 bridgehead atoms. The number of ether oxygens (including phenoxy) is 2. The van der Waals surface area contributed by atoms with E-state index in [1.54, 1.807) is 0 Å². The van der Waals surface area contributed by atoms with Gasteiger partial charge in [-0.05, 0) is 32.1 Å². The van der Waals surface area contributed by atoms with E-state index in [1.807, 2.05) is 0 Å². The molecule has 6 nitrogen and oxygen atoms in total. The molecule has 3 rings (SSSR count). The Morgan fingerprint density at radius 3 is 2.90 bits per heavy atom. The highest BCUT2D eigenvalue weighted by molar-refractivity contribution is 5.33. The Hall–Kier alpha value is -1.14. The molecule has 2 aliphatic rings. The van der Waals surface area contributed by atoms with E-state index in [-0.39, 0.29) is 5.60 Å². The van der Waals surface area contributed by atoms with E-state index >= 15 is 0 Å². The zero-order valence-electron chi connectivity index (χ0n) is 12.2. The molecule has 112 valence electrons. The van der Waals surface area contributed by atoms with Gasteiger partial charge in [-0.1, -0.05) is 18.6 Å². The minimum Gasteiger partial charge on any atom is -0.381 e. The van der Waals surface area contributed by atoms with Gasteiger partial charge in [0.2, 0.25) is 0 Å². The van der Waals surface area contributed by atoms with Gasteiger partial charge < -0.3 is 15.2 Å². The van der Waals surface area contributed by atoms with Crippen LogP contribution >= 0.6 is 0 Å². The molecule has 0 amide bonds. The van der Waals surface area contributed by atoms with Crippen molar-refractivity contribution in [3.63, 3.8) is 0 Å². The highest BCUT2D eigenvalue weighted by Crippen LogP contribution is 2.39. The van der Waals surface area contributed by atoms with Crippen LogP contribution < -0.4 is 5.73 Å². The van der Waals surface area contributed by atoms with Gasteiger partial charge in [0.25, 0.3) is 0 Å². The predicted molar refractivity (Wildman–Crippen MR) is 75.4 cm³/mol. The standard InChI is InChI=1S/C14H24N4O2/c1-2-3-12-13(15)16-17-18(12)11-4-7-20-14(10-11)5-8-19-9-6-14/h11H,2-10,15H2,1H3. The first-order valence-electron chi connectivity index (χ1n) is 7.65. The minimum absolute atomic E-state index is 0.0225. The lowest BCUT2D eigenvalue weighted by molar-refractivity contribution is -0.145. The van der Waals surface area contributed by atoms with E-state index < -0.39 is 0 Å². The lowest BCUT2D eigenvalue weighted by atomic mass is 9.84. The summed E-state index contributed by atoms with van der Waals surface area (Å²) < 4.78 is 13.6. The maximum Gasteiger partial charge on any atom is 0.169 e. The van der Waals surface area contributed by atoms with Crippen molar-refractivity contribution in [1.82, 2.24) is 15.0 Å². The normalized spacial score (nSPS) is 25.9. The SMILES string of the molecule is CCCc1c(N)nnn1C1CCOC2(CCOCC2)C1. The minimum atomic E-state index is -0.0225. The Balaban J connectivity index is 1.79. The van der Waals surface area contributed by atoms with Crippen molar-refractivity contribution in [2.45, 2.75) is 57.1 Å². The summed E-state index contributed by atoms with van der Waals surface area (Å²) in [4.78, 5) is 0. The molecule has 1 aromatic rings. The van der Waals surface area contributed by atoms with Crippen LogP contribution in [0.25, 0.3) is 0 Å². The Morgan fingerprint density at radius 1 is 1.35 bits per heavy atom. The van der Waals surface area contributed by atoms with E-state index in [4.69, 9.17) is 15.2 Å². The number of nitrogen functional groups attached to an aromatic ring is 1. The van der Waals surface area contributed by atoms with Crippen LogP contribution in [0.3, 0.4) is 0 Å². The molecule has 0 aromatic carbocycles. The van der Waals surface area contributed by atoms with Crippen molar-refractivity contribution in [3.05, 3.63) is 5.69 Å². The first-order chi connectivity index (χ1) is 9.74. The number of nitrogens with two attached hydrogens (primary N) is 1. The molecule has 0 radical (unpaired) electrons. The Kier molecular flexibility index (Phi) is 3.94. The van der Waals surface area contributed by atoms with Crippen molar-refractivity contribution in [1.29, 1.82) is 0 Å². The zero-order valence-corrected chi connectivity index (χ0v) is 12.2. The summed E-state index contributed by atoms with van der Waals surface area (Å²) in [5.41, 5.74) is 7.02. The van der Waals surface area contributed by atoms with E-state index in [0.717, 1.165) is 64.0 Å². The molecule has 1 unspecified atom stereocenters. The van der Waals surface area contributed by atoms with Crippen molar-refractivity contribution in [3.8, 4) is 0 Å². The zero-order chi connectivity index (χ0) is 14.0. The van der Waals surface area contributed by atoms with Crippen molar-refractivity contribution in [2.24, 2.45) is 0 Å². The van der Waals surface area contributed by atoms with Crippen LogP contribution in [0.2, 0.25) is 0 Å². The number of anilines is 1. The first kappa shape index (κ1) is 13.8. The van der Waals surface area contributed by atoms with Crippen LogP contribution in [0.5, 0.6) is 0 Å². The van der Waals surface area contributed by atoms with Gasteiger partial charge in [-0.3, -0.25) is 0 Å². The summed E-state index contributed by atoms with van der Waals surface area (Å²) in [6.07, 6.45) is 5.94. The summed E-state index contributed by atoms with van der Waals surface area (Å²) in [6, 6.07) is 0.355. The highest BCUT2D eigenvalue weighted by Gasteiger charge is 2.40. The summed E-state index contributed by atoms with van der Waals surface area (Å²) >= 11 is 0. The Bertz CT molecular complexity index is 449. The van der Waals surface area contributed by atoms with Gasteiger partial charge in [0.1, 0.15) is 0 Å². The van der Waals surface area contributed by atoms with Gasteiger partial charge >= 0.3 is 0 Å². The van der Waals surface area contributed by atoms with Crippen LogP contribution in [0.15, 0.2) is 0 Å². The van der Waals surface area contributed by atoms with E-state index in [1.165, 1.54) is 0 Å². The molecule has 2 aliphatic heterocycles. The molecule has 20 heavy (non-hydrogen) atoms. The molecule has 2 saturated heterocycles. The van der Waals surface area contributed by atoms with E-state index in [2.05, 4.69) is 21.9 Å². The molecular weight excluding hydrogens is 256 g/mol. The third kappa shape index (κ3) is 2.54.